The molecular weight excluding hydrogens is 413 g/mol. The summed E-state index contributed by atoms with van der Waals surface area (Å²) in [7, 11) is 3.55. The van der Waals surface area contributed by atoms with E-state index in [1.165, 1.54) is 6.07 Å². The molecule has 0 radical (unpaired) electrons. The average Bonchev–Trinajstić information content (AvgIpc) is 3.42. The number of benzene rings is 1. The lowest BCUT2D eigenvalue weighted by molar-refractivity contribution is 0.104. The van der Waals surface area contributed by atoms with Gasteiger partial charge in [0.1, 0.15) is 5.82 Å². The predicted octanol–water partition coefficient (Wildman–Crippen LogP) is 3.79. The molecule has 0 aliphatic carbocycles. The van der Waals surface area contributed by atoms with Crippen LogP contribution in [0.15, 0.2) is 29.8 Å². The summed E-state index contributed by atoms with van der Waals surface area (Å²) in [6.45, 7) is 4.76. The van der Waals surface area contributed by atoms with Crippen LogP contribution in [0.5, 0.6) is 0 Å². The molecule has 3 aliphatic rings. The van der Waals surface area contributed by atoms with Gasteiger partial charge in [0.15, 0.2) is 5.13 Å². The van der Waals surface area contributed by atoms with Crippen LogP contribution < -0.4 is 9.80 Å². The first kappa shape index (κ1) is 20.7. The Morgan fingerprint density at radius 2 is 1.94 bits per heavy atom. The molecule has 2 amide bonds. The lowest BCUT2D eigenvalue weighted by Gasteiger charge is -2.45. The number of rotatable bonds is 2. The molecule has 5 rings (SSSR count). The number of amides is 2. The number of carbonyl (C=O) groups is 1. The molecule has 2 fully saturated rings. The molecule has 0 N–H and O–H groups in total. The largest absolute Gasteiger partial charge is 0.348 e. The van der Waals surface area contributed by atoms with Crippen LogP contribution in [0, 0.1) is 5.82 Å². The van der Waals surface area contributed by atoms with E-state index < -0.39 is 0 Å². The van der Waals surface area contributed by atoms with Crippen molar-refractivity contribution in [1.29, 1.82) is 0 Å². The second-order valence-corrected chi connectivity index (χ2v) is 10.1. The van der Waals surface area contributed by atoms with Gasteiger partial charge in [0.2, 0.25) is 0 Å². The lowest BCUT2D eigenvalue weighted by Crippen LogP contribution is -2.52. The molecule has 3 aliphatic heterocycles. The van der Waals surface area contributed by atoms with Crippen LogP contribution in [-0.4, -0.2) is 73.7 Å². The van der Waals surface area contributed by atoms with Gasteiger partial charge < -0.3 is 14.7 Å². The molecule has 0 bridgehead atoms. The highest BCUT2D eigenvalue weighted by Gasteiger charge is 2.47. The van der Waals surface area contributed by atoms with Crippen LogP contribution in [-0.2, 0) is 5.41 Å². The molecule has 1 spiro atoms. The highest BCUT2D eigenvalue weighted by Crippen LogP contribution is 2.48. The minimum Gasteiger partial charge on any atom is -0.348 e. The summed E-state index contributed by atoms with van der Waals surface area (Å²) < 4.78 is 14.2. The van der Waals surface area contributed by atoms with Crippen molar-refractivity contribution in [1.82, 2.24) is 14.8 Å². The van der Waals surface area contributed by atoms with Crippen LogP contribution in [0.2, 0.25) is 0 Å². The Labute approximate surface area is 187 Å². The Bertz CT molecular complexity index is 933. The molecule has 31 heavy (non-hydrogen) atoms. The maximum atomic E-state index is 14.2. The van der Waals surface area contributed by atoms with E-state index >= 15 is 0 Å². The number of piperidine rings is 2. The smallest absolute Gasteiger partial charge is 0.323 e. The SMILES string of the molecule is CN(C)C(=O)N1CC2(CCN(C3CCN(c4nccs4)CC3)CC2)c2cc(F)ccc21. The monoisotopic (exact) mass is 443 g/mol. The third-order valence-corrected chi connectivity index (χ3v) is 8.15. The number of aromatic nitrogens is 1. The van der Waals surface area contributed by atoms with Gasteiger partial charge in [-0.1, -0.05) is 0 Å². The number of fused-ring (bicyclic) bond motifs is 2. The first-order valence-electron chi connectivity index (χ1n) is 11.1. The van der Waals surface area contributed by atoms with Crippen LogP contribution >= 0.6 is 11.3 Å². The minimum atomic E-state index is -0.214. The van der Waals surface area contributed by atoms with Gasteiger partial charge in [-0.25, -0.2) is 14.2 Å². The summed E-state index contributed by atoms with van der Waals surface area (Å²) in [5.41, 5.74) is 1.76. The first-order chi connectivity index (χ1) is 15.0. The van der Waals surface area contributed by atoms with Crippen molar-refractivity contribution in [2.24, 2.45) is 0 Å². The average molecular weight is 444 g/mol. The van der Waals surface area contributed by atoms with Crippen molar-refractivity contribution < 1.29 is 9.18 Å². The third-order valence-electron chi connectivity index (χ3n) is 7.32. The van der Waals surface area contributed by atoms with Gasteiger partial charge in [-0.15, -0.1) is 11.3 Å². The van der Waals surface area contributed by atoms with Gasteiger partial charge in [-0.2, -0.15) is 0 Å². The molecule has 2 aromatic rings. The fourth-order valence-corrected chi connectivity index (χ4v) is 6.29. The van der Waals surface area contributed by atoms with Gasteiger partial charge in [0.05, 0.1) is 0 Å². The number of halogens is 1. The third kappa shape index (κ3) is 3.69. The van der Waals surface area contributed by atoms with Crippen LogP contribution in [0.4, 0.5) is 20.0 Å². The molecule has 0 atom stereocenters. The summed E-state index contributed by atoms with van der Waals surface area (Å²) in [6, 6.07) is 5.49. The molecule has 166 valence electrons. The van der Waals surface area contributed by atoms with E-state index in [1.54, 1.807) is 42.5 Å². The zero-order chi connectivity index (χ0) is 21.6. The Morgan fingerprint density at radius 3 is 2.58 bits per heavy atom. The van der Waals surface area contributed by atoms with Crippen molar-refractivity contribution in [3.63, 3.8) is 0 Å². The van der Waals surface area contributed by atoms with Gasteiger partial charge in [0.25, 0.3) is 0 Å². The van der Waals surface area contributed by atoms with E-state index in [1.807, 2.05) is 16.5 Å². The standard InChI is InChI=1S/C23H30FN5OS/c1-26(2)22(30)29-16-23(19-15-17(24)3-4-20(19)29)7-12-27(13-8-23)18-5-10-28(11-6-18)21-25-9-14-31-21/h3-4,9,14-15,18H,5-8,10-13,16H2,1-2H3. The van der Waals surface area contributed by atoms with Crippen molar-refractivity contribution in [3.8, 4) is 0 Å². The molecule has 6 nitrogen and oxygen atoms in total. The molecule has 0 unspecified atom stereocenters. The van der Waals surface area contributed by atoms with Crippen molar-refractivity contribution in [2.45, 2.75) is 37.1 Å². The van der Waals surface area contributed by atoms with Crippen LogP contribution in [0.3, 0.4) is 0 Å². The fourth-order valence-electron chi connectivity index (χ4n) is 5.59. The minimum absolute atomic E-state index is 0.0262. The lowest BCUT2D eigenvalue weighted by atomic mass is 9.74. The molecule has 1 aromatic heterocycles. The number of thiazole rings is 1. The van der Waals surface area contributed by atoms with E-state index in [0.717, 1.165) is 68.2 Å². The topological polar surface area (TPSA) is 42.9 Å². The maximum Gasteiger partial charge on any atom is 0.323 e. The number of nitrogens with zero attached hydrogens (tertiary/aromatic N) is 5. The van der Waals surface area contributed by atoms with Crippen LogP contribution in [0.1, 0.15) is 31.2 Å². The Balaban J connectivity index is 1.27. The normalized spacial score (nSPS) is 21.5. The number of hydrogen-bond acceptors (Lipinski definition) is 5. The van der Waals surface area contributed by atoms with E-state index in [4.69, 9.17) is 0 Å². The second-order valence-electron chi connectivity index (χ2n) is 9.27. The first-order valence-corrected chi connectivity index (χ1v) is 12.0. The summed E-state index contributed by atoms with van der Waals surface area (Å²) in [6.07, 6.45) is 6.12. The number of hydrogen-bond donors (Lipinski definition) is 0. The van der Waals surface area contributed by atoms with Gasteiger partial charge in [-0.05, 0) is 62.5 Å². The van der Waals surface area contributed by atoms with E-state index in [2.05, 4.69) is 14.8 Å². The Morgan fingerprint density at radius 1 is 1.19 bits per heavy atom. The van der Waals surface area contributed by atoms with Crippen molar-refractivity contribution in [3.05, 3.63) is 41.2 Å². The Kier molecular flexibility index (Phi) is 5.38. The van der Waals surface area contributed by atoms with Gasteiger partial charge in [-0.3, -0.25) is 4.90 Å². The molecule has 1 aromatic carbocycles. The zero-order valence-corrected chi connectivity index (χ0v) is 19.1. The maximum absolute atomic E-state index is 14.2. The predicted molar refractivity (Wildman–Crippen MR) is 123 cm³/mol. The van der Waals surface area contributed by atoms with E-state index in [0.29, 0.717) is 12.6 Å². The number of urea groups is 1. The number of anilines is 2. The number of carbonyl (C=O) groups excluding carboxylic acids is 1. The van der Waals surface area contributed by atoms with E-state index in [9.17, 15) is 9.18 Å². The van der Waals surface area contributed by atoms with Crippen molar-refractivity contribution in [2.75, 3.05) is 56.6 Å². The summed E-state index contributed by atoms with van der Waals surface area (Å²) >= 11 is 1.71. The quantitative estimate of drug-likeness (QED) is 0.708. The zero-order valence-electron chi connectivity index (χ0n) is 18.3. The van der Waals surface area contributed by atoms with Crippen LogP contribution in [0.25, 0.3) is 0 Å². The molecule has 0 saturated carbocycles. The molecule has 4 heterocycles. The van der Waals surface area contributed by atoms with Crippen molar-refractivity contribution >= 4 is 28.2 Å². The molecule has 2 saturated heterocycles. The van der Waals surface area contributed by atoms with Gasteiger partial charge >= 0.3 is 6.03 Å². The number of likely N-dealkylation sites (tertiary alicyclic amines) is 1. The Hall–Kier alpha value is -2.19. The molecular formula is C23H30FN5OS. The highest BCUT2D eigenvalue weighted by molar-refractivity contribution is 7.13. The van der Waals surface area contributed by atoms with Gasteiger partial charge in [0, 0.05) is 62.5 Å². The summed E-state index contributed by atoms with van der Waals surface area (Å²) in [5, 5.41) is 3.17. The fraction of sp³-hybridized carbons (Fsp3) is 0.565. The summed E-state index contributed by atoms with van der Waals surface area (Å²) in [4.78, 5) is 25.7. The second kappa shape index (κ2) is 8.06. The molecule has 8 heteroatoms. The summed E-state index contributed by atoms with van der Waals surface area (Å²) in [5.74, 6) is -0.214. The highest BCUT2D eigenvalue weighted by atomic mass is 32.1. The van der Waals surface area contributed by atoms with E-state index in [-0.39, 0.29) is 17.3 Å².